The lowest BCUT2D eigenvalue weighted by Gasteiger charge is -2.13. The minimum Gasteiger partial charge on any atom is -0.304 e. The van der Waals surface area contributed by atoms with E-state index in [9.17, 15) is 22.0 Å². The SMILES string of the molecule is CC(CON)c1c(F)c(F)c(F)c(F)c1F. The summed E-state index contributed by atoms with van der Waals surface area (Å²) in [4.78, 5) is 4.11. The third-order valence-corrected chi connectivity index (χ3v) is 2.08. The minimum absolute atomic E-state index is 0.363. The van der Waals surface area contributed by atoms with Gasteiger partial charge in [0.2, 0.25) is 5.82 Å². The van der Waals surface area contributed by atoms with Gasteiger partial charge in [0.25, 0.3) is 0 Å². The molecule has 0 heterocycles. The third kappa shape index (κ3) is 2.00. The summed E-state index contributed by atoms with van der Waals surface area (Å²) in [5.74, 6) is -6.23. The molecule has 90 valence electrons. The molecule has 16 heavy (non-hydrogen) atoms. The van der Waals surface area contributed by atoms with Crippen LogP contribution in [-0.2, 0) is 4.84 Å². The van der Waals surface area contributed by atoms with Gasteiger partial charge in [-0.2, -0.15) is 0 Å². The fourth-order valence-electron chi connectivity index (χ4n) is 1.28. The highest BCUT2D eigenvalue weighted by atomic mass is 19.2. The molecular formula is C9H8F5NO. The average Bonchev–Trinajstić information content (AvgIpc) is 2.24. The molecule has 0 aliphatic heterocycles. The van der Waals surface area contributed by atoms with Gasteiger partial charge in [0, 0.05) is 11.5 Å². The average molecular weight is 241 g/mol. The molecule has 0 aromatic heterocycles. The maximum atomic E-state index is 13.2. The van der Waals surface area contributed by atoms with Crippen LogP contribution >= 0.6 is 0 Å². The molecule has 1 aromatic rings. The normalized spacial score (nSPS) is 12.9. The van der Waals surface area contributed by atoms with E-state index in [0.717, 1.165) is 0 Å². The summed E-state index contributed by atoms with van der Waals surface area (Å²) < 4.78 is 64.5. The van der Waals surface area contributed by atoms with E-state index in [1.165, 1.54) is 6.92 Å². The summed E-state index contributed by atoms with van der Waals surface area (Å²) in [5.41, 5.74) is -0.929. The topological polar surface area (TPSA) is 35.2 Å². The van der Waals surface area contributed by atoms with Crippen LogP contribution in [0.15, 0.2) is 0 Å². The molecule has 7 heteroatoms. The van der Waals surface area contributed by atoms with Crippen molar-refractivity contribution >= 4 is 0 Å². The zero-order valence-electron chi connectivity index (χ0n) is 8.16. The second kappa shape index (κ2) is 4.75. The lowest BCUT2D eigenvalue weighted by Crippen LogP contribution is -2.15. The van der Waals surface area contributed by atoms with Gasteiger partial charge in [-0.05, 0) is 0 Å². The first kappa shape index (κ1) is 12.9. The number of halogens is 5. The fraction of sp³-hybridized carbons (Fsp3) is 0.333. The Morgan fingerprint density at radius 3 is 1.69 bits per heavy atom. The molecule has 0 aliphatic rings. The number of hydrogen-bond donors (Lipinski definition) is 1. The van der Waals surface area contributed by atoms with Crippen LogP contribution in [0.4, 0.5) is 22.0 Å². The van der Waals surface area contributed by atoms with Gasteiger partial charge < -0.3 is 4.84 Å². The molecule has 0 saturated heterocycles. The lowest BCUT2D eigenvalue weighted by molar-refractivity contribution is 0.124. The summed E-state index contributed by atoms with van der Waals surface area (Å²) >= 11 is 0. The highest BCUT2D eigenvalue weighted by molar-refractivity contribution is 5.27. The van der Waals surface area contributed by atoms with Crippen molar-refractivity contribution in [2.75, 3.05) is 6.61 Å². The molecule has 1 atom stereocenters. The van der Waals surface area contributed by atoms with E-state index in [1.807, 2.05) is 0 Å². The standard InChI is InChI=1S/C9H8F5NO/c1-3(2-16-15)4-5(10)7(12)9(14)8(13)6(4)11/h3H,2,15H2,1H3. The summed E-state index contributed by atoms with van der Waals surface area (Å²) in [6, 6.07) is 0. The van der Waals surface area contributed by atoms with E-state index < -0.39 is 40.6 Å². The van der Waals surface area contributed by atoms with Crippen LogP contribution in [0.3, 0.4) is 0 Å². The molecule has 0 spiro atoms. The molecular weight excluding hydrogens is 233 g/mol. The quantitative estimate of drug-likeness (QED) is 0.381. The molecule has 0 fully saturated rings. The largest absolute Gasteiger partial charge is 0.304 e. The maximum absolute atomic E-state index is 13.2. The van der Waals surface area contributed by atoms with Crippen LogP contribution in [0.2, 0.25) is 0 Å². The fourth-order valence-corrected chi connectivity index (χ4v) is 1.28. The number of rotatable bonds is 3. The summed E-state index contributed by atoms with van der Waals surface area (Å²) in [5, 5.41) is 0. The molecule has 0 bridgehead atoms. The van der Waals surface area contributed by atoms with Crippen LogP contribution in [0.25, 0.3) is 0 Å². The van der Waals surface area contributed by atoms with Gasteiger partial charge in [-0.3, -0.25) is 0 Å². The van der Waals surface area contributed by atoms with Crippen LogP contribution < -0.4 is 5.90 Å². The van der Waals surface area contributed by atoms with Crippen molar-refractivity contribution in [3.8, 4) is 0 Å². The predicted molar refractivity (Wildman–Crippen MR) is 44.8 cm³/mol. The Bertz CT molecular complexity index is 380. The first-order chi connectivity index (χ1) is 7.41. The van der Waals surface area contributed by atoms with E-state index in [0.29, 0.717) is 0 Å². The summed E-state index contributed by atoms with van der Waals surface area (Å²) in [6.07, 6.45) is 0. The third-order valence-electron chi connectivity index (χ3n) is 2.08. The van der Waals surface area contributed by atoms with Gasteiger partial charge in [0.1, 0.15) is 0 Å². The van der Waals surface area contributed by atoms with Crippen molar-refractivity contribution in [3.63, 3.8) is 0 Å². The van der Waals surface area contributed by atoms with Gasteiger partial charge in [0.05, 0.1) is 6.61 Å². The summed E-state index contributed by atoms with van der Waals surface area (Å²) in [6.45, 7) is 0.865. The highest BCUT2D eigenvalue weighted by Crippen LogP contribution is 2.28. The molecule has 1 unspecified atom stereocenters. The Kier molecular flexibility index (Phi) is 3.82. The first-order valence-corrected chi connectivity index (χ1v) is 4.24. The van der Waals surface area contributed by atoms with Crippen molar-refractivity contribution in [2.45, 2.75) is 12.8 Å². The van der Waals surface area contributed by atoms with Crippen molar-refractivity contribution in [1.82, 2.24) is 0 Å². The van der Waals surface area contributed by atoms with Gasteiger partial charge in [-0.1, -0.05) is 6.92 Å². The molecule has 1 rings (SSSR count). The van der Waals surface area contributed by atoms with Crippen LogP contribution in [0.1, 0.15) is 18.4 Å². The Morgan fingerprint density at radius 1 is 0.938 bits per heavy atom. The van der Waals surface area contributed by atoms with Crippen LogP contribution in [0, 0.1) is 29.1 Å². The number of benzene rings is 1. The highest BCUT2D eigenvalue weighted by Gasteiger charge is 2.28. The molecule has 1 aromatic carbocycles. The number of nitrogens with two attached hydrogens (primary N) is 1. The van der Waals surface area contributed by atoms with Crippen molar-refractivity contribution in [3.05, 3.63) is 34.6 Å². The molecule has 0 radical (unpaired) electrons. The smallest absolute Gasteiger partial charge is 0.200 e. The van der Waals surface area contributed by atoms with Gasteiger partial charge in [-0.25, -0.2) is 27.8 Å². The molecule has 0 amide bonds. The Labute approximate surface area is 87.8 Å². The zero-order chi connectivity index (χ0) is 12.5. The predicted octanol–water partition coefficient (Wildman–Crippen LogP) is 2.38. The molecule has 0 saturated carbocycles. The van der Waals surface area contributed by atoms with Gasteiger partial charge in [-0.15, -0.1) is 0 Å². The Morgan fingerprint density at radius 2 is 1.31 bits per heavy atom. The maximum Gasteiger partial charge on any atom is 0.200 e. The van der Waals surface area contributed by atoms with E-state index in [4.69, 9.17) is 0 Å². The van der Waals surface area contributed by atoms with E-state index in [2.05, 4.69) is 10.7 Å². The van der Waals surface area contributed by atoms with Crippen LogP contribution in [0.5, 0.6) is 0 Å². The van der Waals surface area contributed by atoms with E-state index >= 15 is 0 Å². The Balaban J connectivity index is 3.39. The van der Waals surface area contributed by atoms with Crippen LogP contribution in [-0.4, -0.2) is 6.61 Å². The summed E-state index contributed by atoms with van der Waals surface area (Å²) in [7, 11) is 0. The first-order valence-electron chi connectivity index (χ1n) is 4.24. The van der Waals surface area contributed by atoms with Gasteiger partial charge >= 0.3 is 0 Å². The second-order valence-corrected chi connectivity index (χ2v) is 3.22. The second-order valence-electron chi connectivity index (χ2n) is 3.22. The molecule has 2 N–H and O–H groups in total. The molecule has 2 nitrogen and oxygen atoms in total. The van der Waals surface area contributed by atoms with E-state index in [1.54, 1.807) is 0 Å². The zero-order valence-corrected chi connectivity index (χ0v) is 8.16. The van der Waals surface area contributed by atoms with Gasteiger partial charge in [0.15, 0.2) is 23.3 Å². The number of hydrogen-bond acceptors (Lipinski definition) is 2. The Hall–Kier alpha value is -1.21. The van der Waals surface area contributed by atoms with Crippen molar-refractivity contribution < 1.29 is 26.8 Å². The van der Waals surface area contributed by atoms with Crippen molar-refractivity contribution in [2.24, 2.45) is 5.90 Å². The lowest BCUT2D eigenvalue weighted by atomic mass is 10.00. The molecule has 0 aliphatic carbocycles. The monoisotopic (exact) mass is 241 g/mol. The van der Waals surface area contributed by atoms with E-state index in [-0.39, 0.29) is 6.61 Å². The minimum atomic E-state index is -2.18. The van der Waals surface area contributed by atoms with Crippen molar-refractivity contribution in [1.29, 1.82) is 0 Å².